The number of aromatic nitrogens is 6. The molecule has 122 valence electrons. The molecule has 1 aliphatic heterocycles. The number of amides is 1. The lowest BCUT2D eigenvalue weighted by Crippen LogP contribution is -2.35. The van der Waals surface area contributed by atoms with E-state index in [0.29, 0.717) is 18.8 Å². The molecule has 8 heteroatoms. The highest BCUT2D eigenvalue weighted by Crippen LogP contribution is 2.18. The Balaban J connectivity index is 1.60. The Kier molecular flexibility index (Phi) is 3.78. The number of rotatable bonds is 3. The van der Waals surface area contributed by atoms with Crippen molar-refractivity contribution in [3.63, 3.8) is 0 Å². The Hall–Kier alpha value is -3.03. The van der Waals surface area contributed by atoms with Crippen molar-refractivity contribution < 1.29 is 4.79 Å². The van der Waals surface area contributed by atoms with Crippen molar-refractivity contribution in [2.45, 2.75) is 19.6 Å². The van der Waals surface area contributed by atoms with Crippen molar-refractivity contribution in [2.75, 3.05) is 6.54 Å². The molecule has 1 atom stereocenters. The van der Waals surface area contributed by atoms with Gasteiger partial charge in [-0.05, 0) is 6.07 Å². The zero-order valence-corrected chi connectivity index (χ0v) is 13.1. The second kappa shape index (κ2) is 6.23. The molecule has 4 rings (SSSR count). The topological polar surface area (TPSA) is 81.7 Å². The van der Waals surface area contributed by atoms with Gasteiger partial charge in [0.2, 0.25) is 0 Å². The molecule has 0 aliphatic carbocycles. The van der Waals surface area contributed by atoms with Gasteiger partial charge < -0.3 is 9.47 Å². The van der Waals surface area contributed by atoms with Crippen molar-refractivity contribution in [1.29, 1.82) is 0 Å². The smallest absolute Gasteiger partial charge is 0.274 e. The summed E-state index contributed by atoms with van der Waals surface area (Å²) in [6.45, 7) is 2.64. The van der Waals surface area contributed by atoms with E-state index in [2.05, 4.69) is 24.6 Å². The molecule has 0 fully saturated rings. The van der Waals surface area contributed by atoms with Crippen molar-refractivity contribution >= 4 is 5.91 Å². The minimum Gasteiger partial charge on any atom is -0.333 e. The molecule has 1 aliphatic rings. The largest absolute Gasteiger partial charge is 0.333 e. The zero-order chi connectivity index (χ0) is 16.4. The van der Waals surface area contributed by atoms with Gasteiger partial charge in [0.25, 0.3) is 5.91 Å². The van der Waals surface area contributed by atoms with E-state index in [4.69, 9.17) is 0 Å². The normalized spacial score (nSPS) is 17.3. The Morgan fingerprint density at radius 1 is 1.12 bits per heavy atom. The summed E-state index contributed by atoms with van der Waals surface area (Å²) in [5.41, 5.74) is 0.357. The fourth-order valence-corrected chi connectivity index (χ4v) is 3.06. The Bertz CT molecular complexity index is 812. The first-order valence-corrected chi connectivity index (χ1v) is 7.82. The van der Waals surface area contributed by atoms with Crippen LogP contribution in [0.1, 0.15) is 16.3 Å². The Morgan fingerprint density at radius 2 is 2.08 bits per heavy atom. The molecule has 0 saturated carbocycles. The number of hydrogen-bond donors (Lipinski definition) is 0. The van der Waals surface area contributed by atoms with Crippen LogP contribution in [0.5, 0.6) is 0 Å². The molecule has 8 nitrogen and oxygen atoms in total. The van der Waals surface area contributed by atoms with Crippen LogP contribution in [-0.4, -0.2) is 46.7 Å². The summed E-state index contributed by atoms with van der Waals surface area (Å²) in [5, 5.41) is 4.28. The van der Waals surface area contributed by atoms with Crippen LogP contribution in [0, 0.1) is 5.92 Å². The predicted molar refractivity (Wildman–Crippen MR) is 84.7 cm³/mol. The summed E-state index contributed by atoms with van der Waals surface area (Å²) < 4.78 is 4.01. The SMILES string of the molecule is O=C(c1cnccn1)N1Cc2nccn2CC(Cn2cccn2)C1. The maximum Gasteiger partial charge on any atom is 0.274 e. The number of imidazole rings is 1. The Labute approximate surface area is 138 Å². The number of nitrogens with zero attached hydrogens (tertiary/aromatic N) is 7. The van der Waals surface area contributed by atoms with Crippen LogP contribution in [-0.2, 0) is 19.6 Å². The average molecular weight is 323 g/mol. The van der Waals surface area contributed by atoms with Gasteiger partial charge in [-0.25, -0.2) is 9.97 Å². The fraction of sp³-hybridized carbons (Fsp3) is 0.312. The second-order valence-electron chi connectivity index (χ2n) is 5.87. The molecule has 0 N–H and O–H groups in total. The van der Waals surface area contributed by atoms with Gasteiger partial charge in [0, 0.05) is 62.7 Å². The van der Waals surface area contributed by atoms with E-state index in [1.807, 2.05) is 23.1 Å². The van der Waals surface area contributed by atoms with E-state index in [1.54, 1.807) is 23.5 Å². The minimum absolute atomic E-state index is 0.120. The number of carbonyl (C=O) groups excluding carboxylic acids is 1. The highest BCUT2D eigenvalue weighted by Gasteiger charge is 2.27. The molecule has 24 heavy (non-hydrogen) atoms. The Morgan fingerprint density at radius 3 is 2.88 bits per heavy atom. The average Bonchev–Trinajstić information content (AvgIpc) is 3.24. The maximum atomic E-state index is 12.8. The van der Waals surface area contributed by atoms with Crippen LogP contribution >= 0.6 is 0 Å². The summed E-state index contributed by atoms with van der Waals surface area (Å²) in [6.07, 6.45) is 12.0. The third-order valence-electron chi connectivity index (χ3n) is 4.14. The van der Waals surface area contributed by atoms with Gasteiger partial charge in [-0.1, -0.05) is 0 Å². The predicted octanol–water partition coefficient (Wildman–Crippen LogP) is 0.842. The fourth-order valence-electron chi connectivity index (χ4n) is 3.06. The molecule has 1 unspecified atom stereocenters. The lowest BCUT2D eigenvalue weighted by atomic mass is 10.1. The number of fused-ring (bicyclic) bond motifs is 1. The van der Waals surface area contributed by atoms with Crippen LogP contribution in [0.2, 0.25) is 0 Å². The summed E-state index contributed by atoms with van der Waals surface area (Å²) in [6, 6.07) is 1.90. The van der Waals surface area contributed by atoms with E-state index >= 15 is 0 Å². The van der Waals surface area contributed by atoms with Crippen LogP contribution in [0.3, 0.4) is 0 Å². The van der Waals surface area contributed by atoms with Crippen molar-refractivity contribution in [3.8, 4) is 0 Å². The van der Waals surface area contributed by atoms with Crippen molar-refractivity contribution in [1.82, 2.24) is 34.2 Å². The molecule has 0 aromatic carbocycles. The van der Waals surface area contributed by atoms with Crippen molar-refractivity contribution in [3.05, 3.63) is 61.0 Å². The third-order valence-corrected chi connectivity index (χ3v) is 4.14. The minimum atomic E-state index is -0.120. The zero-order valence-electron chi connectivity index (χ0n) is 13.1. The summed E-state index contributed by atoms with van der Waals surface area (Å²) >= 11 is 0. The van der Waals surface area contributed by atoms with Crippen LogP contribution < -0.4 is 0 Å². The first-order valence-electron chi connectivity index (χ1n) is 7.82. The molecule has 0 bridgehead atoms. The van der Waals surface area contributed by atoms with E-state index < -0.39 is 0 Å². The molecule has 0 radical (unpaired) electrons. The molecule has 4 heterocycles. The van der Waals surface area contributed by atoms with Gasteiger partial charge in [-0.3, -0.25) is 14.5 Å². The summed E-state index contributed by atoms with van der Waals surface area (Å²) in [7, 11) is 0. The van der Waals surface area contributed by atoms with E-state index in [-0.39, 0.29) is 11.8 Å². The lowest BCUT2D eigenvalue weighted by Gasteiger charge is -2.23. The molecule has 3 aromatic heterocycles. The molecule has 1 amide bonds. The molecule has 0 spiro atoms. The highest BCUT2D eigenvalue weighted by atomic mass is 16.2. The highest BCUT2D eigenvalue weighted by molar-refractivity contribution is 5.91. The van der Waals surface area contributed by atoms with Gasteiger partial charge in [0.1, 0.15) is 11.5 Å². The van der Waals surface area contributed by atoms with E-state index in [0.717, 1.165) is 18.9 Å². The van der Waals surface area contributed by atoms with Crippen LogP contribution in [0.4, 0.5) is 0 Å². The first kappa shape index (κ1) is 14.6. The van der Waals surface area contributed by atoms with E-state index in [1.165, 1.54) is 12.4 Å². The quantitative estimate of drug-likeness (QED) is 0.713. The second-order valence-corrected chi connectivity index (χ2v) is 5.87. The standard InChI is InChI=1S/C16H17N7O/c24-16(14-8-17-3-4-18-14)22-10-13(11-23-6-1-2-20-23)9-21-7-5-19-15(21)12-22/h1-8,13H,9-12H2. The number of carbonyl (C=O) groups is 1. The number of hydrogen-bond acceptors (Lipinski definition) is 5. The summed E-state index contributed by atoms with van der Waals surface area (Å²) in [4.78, 5) is 27.1. The molecule has 0 saturated heterocycles. The maximum absolute atomic E-state index is 12.8. The third kappa shape index (κ3) is 2.90. The van der Waals surface area contributed by atoms with Gasteiger partial charge >= 0.3 is 0 Å². The molecular weight excluding hydrogens is 306 g/mol. The first-order chi connectivity index (χ1) is 11.8. The van der Waals surface area contributed by atoms with Gasteiger partial charge in [0.15, 0.2) is 0 Å². The van der Waals surface area contributed by atoms with Crippen molar-refractivity contribution in [2.24, 2.45) is 5.92 Å². The molecule has 3 aromatic rings. The van der Waals surface area contributed by atoms with Crippen LogP contribution in [0.15, 0.2) is 49.4 Å². The lowest BCUT2D eigenvalue weighted by molar-refractivity contribution is 0.0706. The van der Waals surface area contributed by atoms with Crippen LogP contribution in [0.25, 0.3) is 0 Å². The monoisotopic (exact) mass is 323 g/mol. The van der Waals surface area contributed by atoms with Gasteiger partial charge in [-0.2, -0.15) is 5.10 Å². The molecular formula is C16H17N7O. The van der Waals surface area contributed by atoms with Gasteiger partial charge in [0.05, 0.1) is 12.7 Å². The summed E-state index contributed by atoms with van der Waals surface area (Å²) in [5.74, 6) is 1.00. The van der Waals surface area contributed by atoms with E-state index in [9.17, 15) is 4.79 Å². The van der Waals surface area contributed by atoms with Gasteiger partial charge in [-0.15, -0.1) is 0 Å².